The highest BCUT2D eigenvalue weighted by atomic mass is 15.0. The van der Waals surface area contributed by atoms with E-state index in [2.05, 4.69) is 54.6 Å². The fourth-order valence-electron chi connectivity index (χ4n) is 1.65. The highest BCUT2D eigenvalue weighted by molar-refractivity contribution is 5.42. The van der Waals surface area contributed by atoms with Crippen molar-refractivity contribution in [1.29, 1.82) is 0 Å². The summed E-state index contributed by atoms with van der Waals surface area (Å²) in [6, 6.07) is 6.29. The van der Waals surface area contributed by atoms with Crippen LogP contribution in [0.1, 0.15) is 38.1 Å². The molecular formula is C12H16N2. The Morgan fingerprint density at radius 2 is 2.14 bits per heavy atom. The average Bonchev–Trinajstić information content (AvgIpc) is 2.60. The van der Waals surface area contributed by atoms with Crippen molar-refractivity contribution in [3.05, 3.63) is 35.8 Å². The SMILES string of the molecule is CCc1cccc2nc(C(C)C)cn12. The molecule has 0 atom stereocenters. The monoisotopic (exact) mass is 188 g/mol. The smallest absolute Gasteiger partial charge is 0.137 e. The first-order valence-corrected chi connectivity index (χ1v) is 5.19. The van der Waals surface area contributed by atoms with E-state index in [0.717, 1.165) is 12.1 Å². The van der Waals surface area contributed by atoms with Gasteiger partial charge in [0, 0.05) is 11.9 Å². The van der Waals surface area contributed by atoms with Crippen LogP contribution in [-0.2, 0) is 6.42 Å². The minimum absolute atomic E-state index is 0.500. The number of pyridine rings is 1. The summed E-state index contributed by atoms with van der Waals surface area (Å²) in [5.41, 5.74) is 3.56. The standard InChI is InChI=1S/C12H16N2/c1-4-10-6-5-7-12-13-11(9(2)3)8-14(10)12/h5-9H,4H2,1-3H3. The second kappa shape index (κ2) is 3.45. The highest BCUT2D eigenvalue weighted by Gasteiger charge is 2.06. The largest absolute Gasteiger partial charge is 0.304 e. The van der Waals surface area contributed by atoms with Crippen LogP contribution in [0.2, 0.25) is 0 Å². The third-order valence-electron chi connectivity index (χ3n) is 2.55. The van der Waals surface area contributed by atoms with Gasteiger partial charge in [0.15, 0.2) is 0 Å². The van der Waals surface area contributed by atoms with E-state index < -0.39 is 0 Å². The van der Waals surface area contributed by atoms with Gasteiger partial charge < -0.3 is 4.40 Å². The van der Waals surface area contributed by atoms with Gasteiger partial charge in [0.2, 0.25) is 0 Å². The Kier molecular flexibility index (Phi) is 2.28. The summed E-state index contributed by atoms with van der Waals surface area (Å²) < 4.78 is 2.19. The van der Waals surface area contributed by atoms with E-state index in [4.69, 9.17) is 0 Å². The maximum atomic E-state index is 4.58. The van der Waals surface area contributed by atoms with Crippen molar-refractivity contribution in [2.75, 3.05) is 0 Å². The summed E-state index contributed by atoms with van der Waals surface area (Å²) in [7, 11) is 0. The first-order chi connectivity index (χ1) is 6.72. The van der Waals surface area contributed by atoms with Gasteiger partial charge in [-0.25, -0.2) is 4.98 Å². The summed E-state index contributed by atoms with van der Waals surface area (Å²) in [6.45, 7) is 6.52. The molecule has 2 heterocycles. The van der Waals surface area contributed by atoms with Crippen molar-refractivity contribution in [2.45, 2.75) is 33.1 Å². The van der Waals surface area contributed by atoms with Gasteiger partial charge in [0.25, 0.3) is 0 Å². The third-order valence-corrected chi connectivity index (χ3v) is 2.55. The molecule has 0 aliphatic rings. The summed E-state index contributed by atoms with van der Waals surface area (Å²) in [6.07, 6.45) is 3.20. The molecule has 2 aromatic heterocycles. The Labute approximate surface area is 84.6 Å². The summed E-state index contributed by atoms with van der Waals surface area (Å²) >= 11 is 0. The molecule has 2 rings (SSSR count). The summed E-state index contributed by atoms with van der Waals surface area (Å²) in [5, 5.41) is 0. The van der Waals surface area contributed by atoms with Crippen LogP contribution < -0.4 is 0 Å². The van der Waals surface area contributed by atoms with E-state index in [1.165, 1.54) is 11.4 Å². The topological polar surface area (TPSA) is 17.3 Å². The Hall–Kier alpha value is -1.31. The zero-order valence-electron chi connectivity index (χ0n) is 8.99. The van der Waals surface area contributed by atoms with E-state index >= 15 is 0 Å². The van der Waals surface area contributed by atoms with Crippen LogP contribution in [0.15, 0.2) is 24.4 Å². The van der Waals surface area contributed by atoms with Crippen molar-refractivity contribution < 1.29 is 0 Å². The fourth-order valence-corrected chi connectivity index (χ4v) is 1.65. The molecule has 0 unspecified atom stereocenters. The Morgan fingerprint density at radius 3 is 2.79 bits per heavy atom. The summed E-state index contributed by atoms with van der Waals surface area (Å²) in [4.78, 5) is 4.58. The Balaban J connectivity index is 2.64. The maximum Gasteiger partial charge on any atom is 0.137 e. The number of hydrogen-bond acceptors (Lipinski definition) is 1. The van der Waals surface area contributed by atoms with Gasteiger partial charge in [0.1, 0.15) is 5.65 Å². The van der Waals surface area contributed by atoms with Crippen molar-refractivity contribution >= 4 is 5.65 Å². The molecule has 2 heteroatoms. The van der Waals surface area contributed by atoms with Crippen LogP contribution in [0.4, 0.5) is 0 Å². The lowest BCUT2D eigenvalue weighted by atomic mass is 10.2. The van der Waals surface area contributed by atoms with E-state index in [1.54, 1.807) is 0 Å². The second-order valence-corrected chi connectivity index (χ2v) is 3.92. The van der Waals surface area contributed by atoms with Crippen molar-refractivity contribution in [3.8, 4) is 0 Å². The van der Waals surface area contributed by atoms with Gasteiger partial charge in [-0.05, 0) is 24.5 Å². The van der Waals surface area contributed by atoms with Gasteiger partial charge in [0.05, 0.1) is 5.69 Å². The number of nitrogens with zero attached hydrogens (tertiary/aromatic N) is 2. The van der Waals surface area contributed by atoms with Crippen LogP contribution in [0, 0.1) is 0 Å². The second-order valence-electron chi connectivity index (χ2n) is 3.92. The number of fused-ring (bicyclic) bond motifs is 1. The lowest BCUT2D eigenvalue weighted by Crippen LogP contribution is -1.92. The van der Waals surface area contributed by atoms with E-state index in [0.29, 0.717) is 5.92 Å². The minimum Gasteiger partial charge on any atom is -0.304 e. The lowest BCUT2D eigenvalue weighted by molar-refractivity contribution is 0.832. The highest BCUT2D eigenvalue weighted by Crippen LogP contribution is 2.16. The molecule has 2 aromatic rings. The molecule has 0 aliphatic heterocycles. The lowest BCUT2D eigenvalue weighted by Gasteiger charge is -2.00. The number of aryl methyl sites for hydroxylation is 1. The normalized spacial score (nSPS) is 11.4. The quantitative estimate of drug-likeness (QED) is 0.708. The molecule has 14 heavy (non-hydrogen) atoms. The van der Waals surface area contributed by atoms with Crippen LogP contribution in [0.3, 0.4) is 0 Å². The fraction of sp³-hybridized carbons (Fsp3) is 0.417. The summed E-state index contributed by atoms with van der Waals surface area (Å²) in [5.74, 6) is 0.500. The molecule has 0 amide bonds. The van der Waals surface area contributed by atoms with E-state index in [9.17, 15) is 0 Å². The molecule has 0 aliphatic carbocycles. The van der Waals surface area contributed by atoms with Gasteiger partial charge in [-0.2, -0.15) is 0 Å². The van der Waals surface area contributed by atoms with Crippen LogP contribution in [-0.4, -0.2) is 9.38 Å². The van der Waals surface area contributed by atoms with Gasteiger partial charge in [-0.3, -0.25) is 0 Å². The number of aromatic nitrogens is 2. The van der Waals surface area contributed by atoms with Gasteiger partial charge >= 0.3 is 0 Å². The molecule has 0 N–H and O–H groups in total. The molecule has 0 spiro atoms. The minimum atomic E-state index is 0.500. The number of rotatable bonds is 2. The predicted molar refractivity (Wildman–Crippen MR) is 58.7 cm³/mol. The van der Waals surface area contributed by atoms with Crippen molar-refractivity contribution in [2.24, 2.45) is 0 Å². The zero-order chi connectivity index (χ0) is 10.1. The molecule has 0 bridgehead atoms. The van der Waals surface area contributed by atoms with Crippen LogP contribution in [0.25, 0.3) is 5.65 Å². The number of hydrogen-bond donors (Lipinski definition) is 0. The first kappa shape index (κ1) is 9.25. The molecule has 0 saturated carbocycles. The molecule has 0 saturated heterocycles. The predicted octanol–water partition coefficient (Wildman–Crippen LogP) is 3.02. The number of imidazole rings is 1. The molecule has 2 nitrogen and oxygen atoms in total. The van der Waals surface area contributed by atoms with Crippen LogP contribution in [0.5, 0.6) is 0 Å². The molecule has 0 aromatic carbocycles. The zero-order valence-corrected chi connectivity index (χ0v) is 8.99. The Morgan fingerprint density at radius 1 is 1.36 bits per heavy atom. The van der Waals surface area contributed by atoms with Gasteiger partial charge in [-0.15, -0.1) is 0 Å². The van der Waals surface area contributed by atoms with Crippen LogP contribution >= 0.6 is 0 Å². The van der Waals surface area contributed by atoms with Crippen molar-refractivity contribution in [1.82, 2.24) is 9.38 Å². The first-order valence-electron chi connectivity index (χ1n) is 5.19. The third kappa shape index (κ3) is 1.41. The maximum absolute atomic E-state index is 4.58. The molecule has 0 radical (unpaired) electrons. The van der Waals surface area contributed by atoms with E-state index in [-0.39, 0.29) is 0 Å². The average molecular weight is 188 g/mol. The Bertz CT molecular complexity index is 441. The molecule has 74 valence electrons. The molecular weight excluding hydrogens is 172 g/mol. The van der Waals surface area contributed by atoms with Crippen molar-refractivity contribution in [3.63, 3.8) is 0 Å². The van der Waals surface area contributed by atoms with Gasteiger partial charge in [-0.1, -0.05) is 26.8 Å². The molecule has 0 fully saturated rings. The van der Waals surface area contributed by atoms with E-state index in [1.807, 2.05) is 0 Å².